The summed E-state index contributed by atoms with van der Waals surface area (Å²) in [6.45, 7) is 0. The first-order chi connectivity index (χ1) is 30.8. The molecule has 0 aliphatic carbocycles. The van der Waals surface area contributed by atoms with Crippen LogP contribution in [0.15, 0.2) is 224 Å². The zero-order chi connectivity index (χ0) is 41.0. The molecule has 12 rings (SSSR count). The predicted molar refractivity (Wildman–Crippen MR) is 256 cm³/mol. The molecule has 9 aromatic carbocycles. The van der Waals surface area contributed by atoms with Crippen LogP contribution >= 0.6 is 0 Å². The van der Waals surface area contributed by atoms with Crippen molar-refractivity contribution in [2.45, 2.75) is 0 Å². The molecule has 5 nitrogen and oxygen atoms in total. The minimum atomic E-state index is 0.553. The van der Waals surface area contributed by atoms with Crippen molar-refractivity contribution in [3.63, 3.8) is 0 Å². The molecule has 0 aliphatic rings. The van der Waals surface area contributed by atoms with Gasteiger partial charge in [-0.05, 0) is 63.7 Å². The maximum Gasteiger partial charge on any atom is 0.238 e. The Kier molecular flexibility index (Phi) is 8.42. The molecule has 12 aromatic rings. The van der Waals surface area contributed by atoms with Crippen molar-refractivity contribution < 1.29 is 0 Å². The fourth-order valence-electron chi connectivity index (χ4n) is 9.11. The van der Waals surface area contributed by atoms with Gasteiger partial charge in [-0.15, -0.1) is 0 Å². The Morgan fingerprint density at radius 2 is 0.710 bits per heavy atom. The van der Waals surface area contributed by atoms with Crippen LogP contribution in [0.3, 0.4) is 0 Å². The summed E-state index contributed by atoms with van der Waals surface area (Å²) < 4.78 is 4.71. The van der Waals surface area contributed by atoms with Crippen LogP contribution in [0.1, 0.15) is 0 Å². The van der Waals surface area contributed by atoms with Gasteiger partial charge in [-0.3, -0.25) is 4.57 Å². The van der Waals surface area contributed by atoms with Crippen LogP contribution in [-0.2, 0) is 0 Å². The van der Waals surface area contributed by atoms with Crippen molar-refractivity contribution in [2.75, 3.05) is 0 Å². The summed E-state index contributed by atoms with van der Waals surface area (Å²) in [5.41, 5.74) is 14.1. The van der Waals surface area contributed by atoms with Crippen LogP contribution in [0, 0.1) is 0 Å². The van der Waals surface area contributed by atoms with Crippen LogP contribution < -0.4 is 0 Å². The first-order valence-corrected chi connectivity index (χ1v) is 21.0. The molecule has 0 saturated heterocycles. The largest absolute Gasteiger partial charge is 0.307 e. The number of fused-ring (bicyclic) bond motifs is 7. The summed E-state index contributed by atoms with van der Waals surface area (Å²) in [4.78, 5) is 15.9. The van der Waals surface area contributed by atoms with E-state index in [0.717, 1.165) is 66.3 Å². The number of aromatic nitrogens is 5. The second-order valence-corrected chi connectivity index (χ2v) is 15.6. The van der Waals surface area contributed by atoms with E-state index in [9.17, 15) is 0 Å². The van der Waals surface area contributed by atoms with Gasteiger partial charge in [0.2, 0.25) is 5.95 Å². The van der Waals surface area contributed by atoms with Gasteiger partial charge in [-0.25, -0.2) is 4.98 Å². The SMILES string of the molecule is c1ccc(-c2ccc(-c3nc(-c4ccccc4)nc(-n4c5ccccc5c5cc(-c6ccccc6)c6c7ccccc7n(-c7ccc(-c8ccccc8)cc7)c6c54)n3)cc2)cc1. The van der Waals surface area contributed by atoms with Crippen molar-refractivity contribution in [1.29, 1.82) is 0 Å². The van der Waals surface area contributed by atoms with Crippen LogP contribution in [0.4, 0.5) is 0 Å². The highest BCUT2D eigenvalue weighted by Crippen LogP contribution is 2.46. The molecule has 0 atom stereocenters. The Balaban J connectivity index is 1.19. The zero-order valence-corrected chi connectivity index (χ0v) is 33.6. The van der Waals surface area contributed by atoms with Crippen molar-refractivity contribution in [2.24, 2.45) is 0 Å². The predicted octanol–water partition coefficient (Wildman–Crippen LogP) is 14.4. The monoisotopic (exact) mass is 791 g/mol. The quantitative estimate of drug-likeness (QED) is 0.162. The van der Waals surface area contributed by atoms with Gasteiger partial charge < -0.3 is 4.57 Å². The molecule has 3 heterocycles. The fourth-order valence-corrected chi connectivity index (χ4v) is 9.11. The van der Waals surface area contributed by atoms with E-state index < -0.39 is 0 Å². The third kappa shape index (κ3) is 5.90. The first kappa shape index (κ1) is 35.5. The second kappa shape index (κ2) is 14.7. The van der Waals surface area contributed by atoms with E-state index in [4.69, 9.17) is 15.0 Å². The molecular formula is C57H37N5. The number of hydrogen-bond acceptors (Lipinski definition) is 3. The van der Waals surface area contributed by atoms with Gasteiger partial charge in [-0.2, -0.15) is 9.97 Å². The third-order valence-corrected chi connectivity index (χ3v) is 12.0. The average molecular weight is 792 g/mol. The summed E-state index contributed by atoms with van der Waals surface area (Å²) in [7, 11) is 0. The standard InChI is InChI=1S/C57H37N5/c1-5-17-38(18-6-1)40-29-31-44(32-30-40)56-58-55(43-23-11-4-12-24-43)59-57(60-56)62-50-27-15-13-25-46(50)49-37-48(42-21-9-3-10-22-42)52-47-26-14-16-28-51(47)61(54(52)53(49)62)45-35-33-41(34-36-45)39-19-7-2-8-20-39/h1-37H. The number of nitrogens with zero attached hydrogens (tertiary/aromatic N) is 5. The molecule has 0 unspecified atom stereocenters. The Morgan fingerprint density at radius 1 is 0.290 bits per heavy atom. The second-order valence-electron chi connectivity index (χ2n) is 15.6. The van der Waals surface area contributed by atoms with Crippen molar-refractivity contribution in [3.05, 3.63) is 224 Å². The summed E-state index contributed by atoms with van der Waals surface area (Å²) in [5, 5.41) is 4.58. The van der Waals surface area contributed by atoms with Gasteiger partial charge in [0.05, 0.1) is 22.1 Å². The summed E-state index contributed by atoms with van der Waals surface area (Å²) in [6.07, 6.45) is 0. The van der Waals surface area contributed by atoms with Gasteiger partial charge in [0.15, 0.2) is 11.6 Å². The van der Waals surface area contributed by atoms with Crippen molar-refractivity contribution >= 4 is 43.6 Å². The van der Waals surface area contributed by atoms with Gasteiger partial charge >= 0.3 is 0 Å². The Labute approximate surface area is 358 Å². The highest BCUT2D eigenvalue weighted by Gasteiger charge is 2.26. The van der Waals surface area contributed by atoms with E-state index in [1.54, 1.807) is 0 Å². The van der Waals surface area contributed by atoms with E-state index in [-0.39, 0.29) is 0 Å². The Morgan fingerprint density at radius 3 is 1.29 bits per heavy atom. The molecule has 62 heavy (non-hydrogen) atoms. The van der Waals surface area contributed by atoms with Crippen LogP contribution in [0.5, 0.6) is 0 Å². The molecule has 3 aromatic heterocycles. The van der Waals surface area contributed by atoms with Gasteiger partial charge in [-0.1, -0.05) is 194 Å². The maximum absolute atomic E-state index is 5.39. The van der Waals surface area contributed by atoms with Gasteiger partial charge in [0.25, 0.3) is 0 Å². The molecule has 290 valence electrons. The molecule has 5 heteroatoms. The molecule has 0 amide bonds. The highest BCUT2D eigenvalue weighted by atomic mass is 15.2. The number of para-hydroxylation sites is 2. The fraction of sp³-hybridized carbons (Fsp3) is 0. The minimum absolute atomic E-state index is 0.553. The highest BCUT2D eigenvalue weighted by molar-refractivity contribution is 6.28. The van der Waals surface area contributed by atoms with E-state index in [1.807, 2.05) is 24.3 Å². The maximum atomic E-state index is 5.39. The molecule has 0 saturated carbocycles. The van der Waals surface area contributed by atoms with Crippen LogP contribution in [0.2, 0.25) is 0 Å². The molecule has 0 radical (unpaired) electrons. The summed E-state index contributed by atoms with van der Waals surface area (Å²) in [6, 6.07) is 79.2. The smallest absolute Gasteiger partial charge is 0.238 e. The lowest BCUT2D eigenvalue weighted by Gasteiger charge is -2.15. The first-order valence-electron chi connectivity index (χ1n) is 21.0. The van der Waals surface area contributed by atoms with Crippen LogP contribution in [0.25, 0.3) is 111 Å². The minimum Gasteiger partial charge on any atom is -0.307 e. The molecule has 0 spiro atoms. The van der Waals surface area contributed by atoms with E-state index in [2.05, 4.69) is 209 Å². The Bertz CT molecular complexity index is 3580. The molecule has 0 fully saturated rings. The topological polar surface area (TPSA) is 48.5 Å². The zero-order valence-electron chi connectivity index (χ0n) is 33.6. The molecule has 0 aliphatic heterocycles. The van der Waals surface area contributed by atoms with E-state index in [0.29, 0.717) is 17.6 Å². The lowest BCUT2D eigenvalue weighted by molar-refractivity contribution is 0.953. The van der Waals surface area contributed by atoms with Gasteiger partial charge in [0.1, 0.15) is 0 Å². The third-order valence-electron chi connectivity index (χ3n) is 12.0. The number of hydrogen-bond donors (Lipinski definition) is 0. The molecule has 0 bridgehead atoms. The summed E-state index contributed by atoms with van der Waals surface area (Å²) in [5.74, 6) is 1.77. The normalized spacial score (nSPS) is 11.5. The van der Waals surface area contributed by atoms with E-state index in [1.165, 1.54) is 27.5 Å². The van der Waals surface area contributed by atoms with Gasteiger partial charge in [0, 0.05) is 38.4 Å². The average Bonchev–Trinajstić information content (AvgIpc) is 3.88. The van der Waals surface area contributed by atoms with Crippen molar-refractivity contribution in [1.82, 2.24) is 24.1 Å². The lowest BCUT2D eigenvalue weighted by atomic mass is 9.96. The Hall–Kier alpha value is -8.41. The number of rotatable bonds is 7. The number of benzene rings is 9. The molecular weight excluding hydrogens is 755 g/mol. The van der Waals surface area contributed by atoms with Crippen molar-refractivity contribution in [3.8, 4) is 67.8 Å². The molecule has 0 N–H and O–H groups in total. The lowest BCUT2D eigenvalue weighted by Crippen LogP contribution is -2.07. The summed E-state index contributed by atoms with van der Waals surface area (Å²) >= 11 is 0. The van der Waals surface area contributed by atoms with E-state index >= 15 is 0 Å². The van der Waals surface area contributed by atoms with Crippen LogP contribution in [-0.4, -0.2) is 24.1 Å².